The molecular formula is C20H23BrN2O5S. The zero-order valence-corrected chi connectivity index (χ0v) is 18.4. The number of hydrogen-bond acceptors (Lipinski definition) is 5. The van der Waals surface area contributed by atoms with Crippen molar-refractivity contribution in [2.75, 3.05) is 20.3 Å². The first-order valence-corrected chi connectivity index (χ1v) is 11.5. The molecule has 2 aromatic carbocycles. The molecule has 0 aromatic heterocycles. The van der Waals surface area contributed by atoms with E-state index < -0.39 is 10.0 Å². The molecule has 1 aliphatic heterocycles. The van der Waals surface area contributed by atoms with Crippen LogP contribution in [-0.2, 0) is 21.3 Å². The molecule has 7 nitrogen and oxygen atoms in total. The second kappa shape index (κ2) is 9.71. The lowest BCUT2D eigenvalue weighted by molar-refractivity contribution is 0.0950. The number of rotatable bonds is 8. The van der Waals surface area contributed by atoms with Crippen LogP contribution in [0.2, 0.25) is 0 Å². The van der Waals surface area contributed by atoms with E-state index in [-0.39, 0.29) is 30.0 Å². The number of sulfonamides is 1. The number of benzene rings is 2. The molecule has 1 heterocycles. The summed E-state index contributed by atoms with van der Waals surface area (Å²) in [5.74, 6) is 0.371. The number of methoxy groups -OCH3 is 1. The minimum atomic E-state index is -3.64. The molecule has 3 rings (SSSR count). The van der Waals surface area contributed by atoms with Crippen LogP contribution in [0.3, 0.4) is 0 Å². The Morgan fingerprint density at radius 2 is 2.00 bits per heavy atom. The van der Waals surface area contributed by atoms with E-state index in [0.29, 0.717) is 17.9 Å². The van der Waals surface area contributed by atoms with Gasteiger partial charge in [0, 0.05) is 35.3 Å². The van der Waals surface area contributed by atoms with Gasteiger partial charge in [-0.3, -0.25) is 4.79 Å². The van der Waals surface area contributed by atoms with E-state index in [1.165, 1.54) is 24.3 Å². The van der Waals surface area contributed by atoms with Crippen LogP contribution in [0.1, 0.15) is 28.8 Å². The number of carbonyl (C=O) groups is 1. The summed E-state index contributed by atoms with van der Waals surface area (Å²) < 4.78 is 39.0. The van der Waals surface area contributed by atoms with Gasteiger partial charge in [-0.1, -0.05) is 15.9 Å². The number of carbonyl (C=O) groups excluding carboxylic acids is 1. The second-order valence-electron chi connectivity index (χ2n) is 6.65. The summed E-state index contributed by atoms with van der Waals surface area (Å²) in [6.07, 6.45) is 1.72. The Morgan fingerprint density at radius 3 is 2.66 bits per heavy atom. The van der Waals surface area contributed by atoms with E-state index >= 15 is 0 Å². The highest BCUT2D eigenvalue weighted by Gasteiger charge is 2.20. The first-order chi connectivity index (χ1) is 13.9. The molecule has 1 atom stereocenters. The third-order valence-electron chi connectivity index (χ3n) is 4.63. The first-order valence-electron chi connectivity index (χ1n) is 9.21. The van der Waals surface area contributed by atoms with Gasteiger partial charge in [0.1, 0.15) is 5.75 Å². The fraction of sp³-hybridized carbons (Fsp3) is 0.350. The maximum Gasteiger partial charge on any atom is 0.251 e. The van der Waals surface area contributed by atoms with Crippen molar-refractivity contribution in [3.05, 3.63) is 58.1 Å². The molecule has 2 aromatic rings. The maximum atomic E-state index is 12.4. The van der Waals surface area contributed by atoms with Crippen molar-refractivity contribution >= 4 is 31.9 Å². The lowest BCUT2D eigenvalue weighted by Gasteiger charge is -2.12. The predicted molar refractivity (Wildman–Crippen MR) is 112 cm³/mol. The predicted octanol–water partition coefficient (Wildman–Crippen LogP) is 2.85. The quantitative estimate of drug-likeness (QED) is 0.603. The van der Waals surface area contributed by atoms with Crippen molar-refractivity contribution in [2.45, 2.75) is 30.4 Å². The third kappa shape index (κ3) is 5.79. The van der Waals surface area contributed by atoms with Crippen molar-refractivity contribution in [2.24, 2.45) is 0 Å². The lowest BCUT2D eigenvalue weighted by atomic mass is 10.1. The van der Waals surface area contributed by atoms with Crippen molar-refractivity contribution < 1.29 is 22.7 Å². The van der Waals surface area contributed by atoms with Gasteiger partial charge in [-0.25, -0.2) is 13.1 Å². The van der Waals surface area contributed by atoms with Gasteiger partial charge in [-0.05, 0) is 55.3 Å². The number of ether oxygens (including phenoxy) is 2. The SMILES string of the molecule is COc1ccc(Br)cc1CNC(=O)c1ccc(S(=O)(=O)NCC2CCCO2)cc1. The van der Waals surface area contributed by atoms with Gasteiger partial charge in [-0.15, -0.1) is 0 Å². The molecular weight excluding hydrogens is 460 g/mol. The summed E-state index contributed by atoms with van der Waals surface area (Å²) in [6, 6.07) is 11.4. The summed E-state index contributed by atoms with van der Waals surface area (Å²) in [5, 5.41) is 2.82. The van der Waals surface area contributed by atoms with Crippen LogP contribution in [0, 0.1) is 0 Å². The van der Waals surface area contributed by atoms with E-state index in [1.54, 1.807) is 7.11 Å². The highest BCUT2D eigenvalue weighted by atomic mass is 79.9. The second-order valence-corrected chi connectivity index (χ2v) is 9.33. The maximum absolute atomic E-state index is 12.4. The Morgan fingerprint density at radius 1 is 1.24 bits per heavy atom. The first kappa shape index (κ1) is 21.8. The number of nitrogens with one attached hydrogen (secondary N) is 2. The van der Waals surface area contributed by atoms with Crippen LogP contribution in [0.4, 0.5) is 0 Å². The molecule has 29 heavy (non-hydrogen) atoms. The van der Waals surface area contributed by atoms with Crippen LogP contribution in [-0.4, -0.2) is 40.7 Å². The molecule has 156 valence electrons. The van der Waals surface area contributed by atoms with Gasteiger partial charge < -0.3 is 14.8 Å². The molecule has 0 aliphatic carbocycles. The summed E-state index contributed by atoms with van der Waals surface area (Å²) in [7, 11) is -2.07. The topological polar surface area (TPSA) is 93.7 Å². The zero-order valence-electron chi connectivity index (χ0n) is 16.0. The number of halogens is 1. The Labute approximate surface area is 179 Å². The smallest absolute Gasteiger partial charge is 0.251 e. The Balaban J connectivity index is 1.60. The lowest BCUT2D eigenvalue weighted by Crippen LogP contribution is -2.31. The highest BCUT2D eigenvalue weighted by Crippen LogP contribution is 2.23. The van der Waals surface area contributed by atoms with E-state index in [0.717, 1.165) is 22.9 Å². The Kier molecular flexibility index (Phi) is 7.28. The molecule has 2 N–H and O–H groups in total. The average molecular weight is 483 g/mol. The standard InChI is InChI=1S/C20H23BrN2O5S/c1-27-19-9-6-16(21)11-15(19)12-22-20(24)14-4-7-18(8-5-14)29(25,26)23-13-17-3-2-10-28-17/h4-9,11,17,23H,2-3,10,12-13H2,1H3,(H,22,24). The summed E-state index contributed by atoms with van der Waals surface area (Å²) in [5.41, 5.74) is 1.20. The monoisotopic (exact) mass is 482 g/mol. The Hall–Kier alpha value is -1.94. The molecule has 1 unspecified atom stereocenters. The van der Waals surface area contributed by atoms with Gasteiger partial charge in [0.25, 0.3) is 5.91 Å². The summed E-state index contributed by atoms with van der Waals surface area (Å²) in [6.45, 7) is 1.20. The van der Waals surface area contributed by atoms with Gasteiger partial charge in [0.05, 0.1) is 18.1 Å². The molecule has 9 heteroatoms. The average Bonchev–Trinajstić information content (AvgIpc) is 3.24. The van der Waals surface area contributed by atoms with Gasteiger partial charge in [-0.2, -0.15) is 0 Å². The van der Waals surface area contributed by atoms with Gasteiger partial charge in [0.15, 0.2) is 0 Å². The van der Waals surface area contributed by atoms with Crippen molar-refractivity contribution in [3.63, 3.8) is 0 Å². The number of hydrogen-bond donors (Lipinski definition) is 2. The van der Waals surface area contributed by atoms with E-state index in [2.05, 4.69) is 26.0 Å². The largest absolute Gasteiger partial charge is 0.496 e. The molecule has 0 bridgehead atoms. The molecule has 1 amide bonds. The van der Waals surface area contributed by atoms with Crippen LogP contribution >= 0.6 is 15.9 Å². The van der Waals surface area contributed by atoms with Crippen molar-refractivity contribution in [1.29, 1.82) is 0 Å². The fourth-order valence-corrected chi connectivity index (χ4v) is 4.51. The van der Waals surface area contributed by atoms with Crippen LogP contribution in [0.25, 0.3) is 0 Å². The third-order valence-corrected chi connectivity index (χ3v) is 6.57. The van der Waals surface area contributed by atoms with Crippen LogP contribution < -0.4 is 14.8 Å². The summed E-state index contributed by atoms with van der Waals surface area (Å²) in [4.78, 5) is 12.5. The Bertz CT molecular complexity index is 957. The normalized spacial score (nSPS) is 16.6. The van der Waals surface area contributed by atoms with E-state index in [1.807, 2.05) is 18.2 Å². The van der Waals surface area contributed by atoms with Gasteiger partial charge in [0.2, 0.25) is 10.0 Å². The van der Waals surface area contributed by atoms with Crippen LogP contribution in [0.5, 0.6) is 5.75 Å². The molecule has 0 radical (unpaired) electrons. The molecule has 0 saturated carbocycles. The molecule has 0 spiro atoms. The molecule has 1 aliphatic rings. The van der Waals surface area contributed by atoms with Crippen molar-refractivity contribution in [1.82, 2.24) is 10.0 Å². The van der Waals surface area contributed by atoms with E-state index in [4.69, 9.17) is 9.47 Å². The highest BCUT2D eigenvalue weighted by molar-refractivity contribution is 9.10. The van der Waals surface area contributed by atoms with E-state index in [9.17, 15) is 13.2 Å². The molecule has 1 fully saturated rings. The summed E-state index contributed by atoms with van der Waals surface area (Å²) >= 11 is 3.40. The number of amides is 1. The molecule has 1 saturated heterocycles. The fourth-order valence-electron chi connectivity index (χ4n) is 3.04. The van der Waals surface area contributed by atoms with Crippen molar-refractivity contribution in [3.8, 4) is 5.75 Å². The van der Waals surface area contributed by atoms with Gasteiger partial charge >= 0.3 is 0 Å². The van der Waals surface area contributed by atoms with Crippen LogP contribution in [0.15, 0.2) is 51.8 Å². The zero-order chi connectivity index (χ0) is 20.9. The minimum absolute atomic E-state index is 0.0789. The minimum Gasteiger partial charge on any atom is -0.496 e.